The van der Waals surface area contributed by atoms with Gasteiger partial charge < -0.3 is 9.32 Å². The molecule has 1 aliphatic rings. The van der Waals surface area contributed by atoms with Gasteiger partial charge in [0.2, 0.25) is 11.7 Å². The summed E-state index contributed by atoms with van der Waals surface area (Å²) in [5, 5.41) is 0. The van der Waals surface area contributed by atoms with Gasteiger partial charge in [0.05, 0.1) is 18.6 Å². The van der Waals surface area contributed by atoms with E-state index >= 15 is 0 Å². The highest BCUT2D eigenvalue weighted by atomic mass is 32.2. The minimum absolute atomic E-state index is 0.0448. The van der Waals surface area contributed by atoms with Gasteiger partial charge in [-0.2, -0.15) is 0 Å². The lowest BCUT2D eigenvalue weighted by Crippen LogP contribution is -2.50. The van der Waals surface area contributed by atoms with Gasteiger partial charge in [0.15, 0.2) is 5.76 Å². The first-order valence-electron chi connectivity index (χ1n) is 8.07. The van der Waals surface area contributed by atoms with E-state index in [2.05, 4.69) is 0 Å². The van der Waals surface area contributed by atoms with Crippen LogP contribution in [0.2, 0.25) is 0 Å². The third-order valence-electron chi connectivity index (χ3n) is 4.06. The Morgan fingerprint density at radius 1 is 1.08 bits per heavy atom. The highest BCUT2D eigenvalue weighted by Crippen LogP contribution is 2.19. The van der Waals surface area contributed by atoms with Crippen LogP contribution in [0.15, 0.2) is 52.0 Å². The smallest absolute Gasteiger partial charge is 0.233 e. The van der Waals surface area contributed by atoms with E-state index in [-0.39, 0.29) is 17.5 Å². The van der Waals surface area contributed by atoms with Gasteiger partial charge >= 0.3 is 0 Å². The van der Waals surface area contributed by atoms with Gasteiger partial charge in [-0.1, -0.05) is 0 Å². The molecule has 0 bridgehead atoms. The number of thioether (sulfide) groups is 1. The predicted octanol–water partition coefficient (Wildman–Crippen LogP) is 2.54. The number of hydrogen-bond donors (Lipinski definition) is 0. The molecule has 1 aromatic heterocycles. The van der Waals surface area contributed by atoms with Crippen LogP contribution in [0.25, 0.3) is 0 Å². The molecule has 0 N–H and O–H groups in total. The number of furan rings is 1. The summed E-state index contributed by atoms with van der Waals surface area (Å²) in [6.07, 6.45) is 1.49. The maximum absolute atomic E-state index is 12.9. The Hall–Kier alpha value is -2.12. The minimum Gasteiger partial charge on any atom is -0.461 e. The van der Waals surface area contributed by atoms with Gasteiger partial charge in [-0.25, -0.2) is 4.39 Å². The van der Waals surface area contributed by atoms with Crippen molar-refractivity contribution in [2.24, 2.45) is 0 Å². The molecule has 7 heteroatoms. The molecular formula is C18H19FN2O3S. The van der Waals surface area contributed by atoms with E-state index in [1.165, 1.54) is 30.2 Å². The van der Waals surface area contributed by atoms with Crippen LogP contribution in [-0.2, 0) is 4.79 Å². The zero-order chi connectivity index (χ0) is 17.6. The van der Waals surface area contributed by atoms with Gasteiger partial charge in [0.25, 0.3) is 0 Å². The number of piperazine rings is 1. The normalized spacial score (nSPS) is 15.3. The molecule has 1 amide bonds. The maximum atomic E-state index is 12.9. The summed E-state index contributed by atoms with van der Waals surface area (Å²) >= 11 is 1.40. The van der Waals surface area contributed by atoms with Crippen LogP contribution in [0.4, 0.5) is 4.39 Å². The van der Waals surface area contributed by atoms with Gasteiger partial charge in [-0.15, -0.1) is 11.8 Å². The monoisotopic (exact) mass is 362 g/mol. The molecule has 25 heavy (non-hydrogen) atoms. The fraction of sp³-hybridized carbons (Fsp3) is 0.333. The number of carbonyl (C=O) groups is 2. The maximum Gasteiger partial charge on any atom is 0.233 e. The van der Waals surface area contributed by atoms with Gasteiger partial charge in [0, 0.05) is 31.1 Å². The van der Waals surface area contributed by atoms with Crippen molar-refractivity contribution in [3.05, 3.63) is 54.2 Å². The van der Waals surface area contributed by atoms with Crippen LogP contribution in [0.1, 0.15) is 10.6 Å². The molecule has 1 saturated heterocycles. The Morgan fingerprint density at radius 3 is 2.44 bits per heavy atom. The lowest BCUT2D eigenvalue weighted by Gasteiger charge is -2.34. The molecular weight excluding hydrogens is 343 g/mol. The second-order valence-electron chi connectivity index (χ2n) is 5.80. The van der Waals surface area contributed by atoms with Crippen molar-refractivity contribution in [3.8, 4) is 0 Å². The number of halogens is 1. The Kier molecular flexibility index (Phi) is 5.88. The molecule has 0 saturated carbocycles. The largest absolute Gasteiger partial charge is 0.461 e. The van der Waals surface area contributed by atoms with Crippen molar-refractivity contribution in [3.63, 3.8) is 0 Å². The Balaban J connectivity index is 1.41. The van der Waals surface area contributed by atoms with Crippen LogP contribution < -0.4 is 0 Å². The van der Waals surface area contributed by atoms with E-state index in [0.29, 0.717) is 44.2 Å². The highest BCUT2D eigenvalue weighted by molar-refractivity contribution is 8.00. The molecule has 1 aromatic carbocycles. The van der Waals surface area contributed by atoms with Crippen molar-refractivity contribution >= 4 is 23.5 Å². The quantitative estimate of drug-likeness (QED) is 0.584. The zero-order valence-corrected chi connectivity index (χ0v) is 14.5. The molecule has 0 aliphatic carbocycles. The van der Waals surface area contributed by atoms with Gasteiger partial charge in [-0.3, -0.25) is 14.5 Å². The topological polar surface area (TPSA) is 53.8 Å². The molecule has 2 aromatic rings. The standard InChI is InChI=1S/C18H19FN2O3S/c19-14-3-5-15(6-4-14)25-13-18(23)21-9-7-20(8-10-21)12-16(22)17-2-1-11-24-17/h1-6,11H,7-10,12-13H2. The number of ketones is 1. The lowest BCUT2D eigenvalue weighted by atomic mass is 10.2. The average Bonchev–Trinajstić information content (AvgIpc) is 3.16. The number of rotatable bonds is 6. The molecule has 3 rings (SSSR count). The molecule has 2 heterocycles. The molecule has 0 atom stereocenters. The number of benzene rings is 1. The fourth-order valence-electron chi connectivity index (χ4n) is 2.64. The third kappa shape index (κ3) is 4.93. The molecule has 1 fully saturated rings. The van der Waals surface area contributed by atoms with E-state index in [9.17, 15) is 14.0 Å². The third-order valence-corrected chi connectivity index (χ3v) is 5.06. The van der Waals surface area contributed by atoms with Crippen molar-refractivity contribution in [1.29, 1.82) is 0 Å². The first-order chi connectivity index (χ1) is 12.1. The lowest BCUT2D eigenvalue weighted by molar-refractivity contribution is -0.129. The summed E-state index contributed by atoms with van der Waals surface area (Å²) in [6, 6.07) is 9.48. The molecule has 1 aliphatic heterocycles. The number of carbonyl (C=O) groups excluding carboxylic acids is 2. The predicted molar refractivity (Wildman–Crippen MR) is 93.2 cm³/mol. The first-order valence-corrected chi connectivity index (χ1v) is 9.05. The Bertz CT molecular complexity index is 710. The van der Waals surface area contributed by atoms with Crippen LogP contribution in [0.5, 0.6) is 0 Å². The zero-order valence-electron chi connectivity index (χ0n) is 13.7. The van der Waals surface area contributed by atoms with Gasteiger partial charge in [0.1, 0.15) is 5.82 Å². The van der Waals surface area contributed by atoms with Crippen molar-refractivity contribution in [2.45, 2.75) is 4.90 Å². The van der Waals surface area contributed by atoms with E-state index in [1.807, 2.05) is 9.80 Å². The summed E-state index contributed by atoms with van der Waals surface area (Å²) in [5.41, 5.74) is 0. The highest BCUT2D eigenvalue weighted by Gasteiger charge is 2.23. The molecule has 5 nitrogen and oxygen atoms in total. The van der Waals surface area contributed by atoms with Crippen molar-refractivity contribution in [1.82, 2.24) is 9.80 Å². The summed E-state index contributed by atoms with van der Waals surface area (Å²) in [7, 11) is 0. The Morgan fingerprint density at radius 2 is 1.80 bits per heavy atom. The van der Waals surface area contributed by atoms with E-state index in [1.54, 1.807) is 24.3 Å². The fourth-order valence-corrected chi connectivity index (χ4v) is 3.44. The number of amides is 1. The number of hydrogen-bond acceptors (Lipinski definition) is 5. The van der Waals surface area contributed by atoms with Gasteiger partial charge in [-0.05, 0) is 36.4 Å². The second kappa shape index (κ2) is 8.31. The minimum atomic E-state index is -0.282. The molecule has 0 spiro atoms. The van der Waals surface area contributed by atoms with Crippen LogP contribution in [0, 0.1) is 5.82 Å². The molecule has 0 radical (unpaired) electrons. The Labute approximate surface area is 149 Å². The van der Waals surface area contributed by atoms with Crippen LogP contribution >= 0.6 is 11.8 Å². The second-order valence-corrected chi connectivity index (χ2v) is 6.85. The number of nitrogens with zero attached hydrogens (tertiary/aromatic N) is 2. The van der Waals surface area contributed by atoms with Crippen molar-refractivity contribution in [2.75, 3.05) is 38.5 Å². The number of Topliss-reactive ketones (excluding diaryl/α,β-unsaturated/α-hetero) is 1. The van der Waals surface area contributed by atoms with E-state index < -0.39 is 0 Å². The first kappa shape index (κ1) is 17.7. The molecule has 132 valence electrons. The van der Waals surface area contributed by atoms with E-state index in [0.717, 1.165) is 4.90 Å². The summed E-state index contributed by atoms with van der Waals surface area (Å²) in [4.78, 5) is 29.0. The van der Waals surface area contributed by atoms with Crippen LogP contribution in [-0.4, -0.2) is 60.0 Å². The summed E-state index contributed by atoms with van der Waals surface area (Å²) < 4.78 is 18.0. The SMILES string of the molecule is O=C(CN1CCN(C(=O)CSc2ccc(F)cc2)CC1)c1ccco1. The van der Waals surface area contributed by atoms with Crippen molar-refractivity contribution < 1.29 is 18.4 Å². The summed E-state index contributed by atoms with van der Waals surface area (Å²) in [5.74, 6) is 0.435. The van der Waals surface area contributed by atoms with E-state index in [4.69, 9.17) is 4.42 Å². The van der Waals surface area contributed by atoms with Crippen LogP contribution in [0.3, 0.4) is 0 Å². The summed E-state index contributed by atoms with van der Waals surface area (Å²) in [6.45, 7) is 2.85. The molecule has 0 unspecified atom stereocenters. The average molecular weight is 362 g/mol.